The topological polar surface area (TPSA) is 198 Å². The number of hydrogen-bond donors (Lipinski definition) is 0. The van der Waals surface area contributed by atoms with E-state index >= 15 is 4.39 Å². The zero-order valence-electron chi connectivity index (χ0n) is 34.6. The Morgan fingerprint density at radius 3 is 2.44 bits per heavy atom. The molecule has 0 N–H and O–H groups in total. The van der Waals surface area contributed by atoms with Gasteiger partial charge in [-0.15, -0.1) is 11.8 Å². The van der Waals surface area contributed by atoms with Gasteiger partial charge >= 0.3 is 12.1 Å². The lowest BCUT2D eigenvalue weighted by Gasteiger charge is -2.40. The van der Waals surface area contributed by atoms with E-state index in [1.165, 1.54) is 61.3 Å². The van der Waals surface area contributed by atoms with Crippen LogP contribution in [0.5, 0.6) is 0 Å². The van der Waals surface area contributed by atoms with Crippen molar-refractivity contribution in [3.63, 3.8) is 0 Å². The number of nitriles is 1. The molecule has 0 aliphatic carbocycles. The van der Waals surface area contributed by atoms with E-state index < -0.39 is 86.5 Å². The fourth-order valence-electron chi connectivity index (χ4n) is 5.77. The number of nitrogens with zero attached hydrogens (tertiary/aromatic N) is 5. The molecule has 1 aromatic heterocycles. The minimum atomic E-state index is -3.86. The van der Waals surface area contributed by atoms with Crippen molar-refractivity contribution in [3.05, 3.63) is 101 Å². The van der Waals surface area contributed by atoms with E-state index in [2.05, 4.69) is 10.1 Å². The second-order valence-corrected chi connectivity index (χ2v) is 17.8. The third-order valence-corrected chi connectivity index (χ3v) is 11.7. The molecule has 3 aromatic rings. The first kappa shape index (κ1) is 49.4. The van der Waals surface area contributed by atoms with E-state index in [-0.39, 0.29) is 61.9 Å². The summed E-state index contributed by atoms with van der Waals surface area (Å²) in [5, 5.41) is 11.8. The van der Waals surface area contributed by atoms with Crippen LogP contribution in [0.3, 0.4) is 0 Å². The number of thioether (sulfide) groups is 1. The van der Waals surface area contributed by atoms with Gasteiger partial charge in [0.15, 0.2) is 11.9 Å². The second kappa shape index (κ2) is 23.3. The molecule has 1 amide bonds. The van der Waals surface area contributed by atoms with Crippen molar-refractivity contribution in [3.8, 4) is 6.07 Å². The predicted octanol–water partition coefficient (Wildman–Crippen LogP) is 5.88. The lowest BCUT2D eigenvalue weighted by molar-refractivity contribution is -0.172. The number of amides is 1. The van der Waals surface area contributed by atoms with E-state index in [0.29, 0.717) is 6.07 Å². The summed E-state index contributed by atoms with van der Waals surface area (Å²) in [6, 6.07) is 8.75. The summed E-state index contributed by atoms with van der Waals surface area (Å²) in [6.07, 6.45) is 4.34. The molecule has 1 fully saturated rings. The smallest absolute Gasteiger partial charge is 0.425 e. The number of rotatable bonds is 21. The Hall–Kier alpha value is -5.27. The number of benzene rings is 2. The average molecular weight is 908 g/mol. The van der Waals surface area contributed by atoms with Gasteiger partial charge in [-0.1, -0.05) is 38.1 Å². The third kappa shape index (κ3) is 15.3. The number of carbonyl (C=O) groups excluding carboxylic acids is 3. The molecule has 21 heteroatoms. The lowest BCUT2D eigenvalue weighted by atomic mass is 9.89. The summed E-state index contributed by atoms with van der Waals surface area (Å²) in [5.74, 6) is -4.41. The van der Waals surface area contributed by atoms with Crippen molar-refractivity contribution in [2.75, 3.05) is 39.2 Å². The Kier molecular flexibility index (Phi) is 18.5. The van der Waals surface area contributed by atoms with Crippen LogP contribution in [-0.2, 0) is 59.7 Å². The lowest BCUT2D eigenvalue weighted by Crippen LogP contribution is -2.47. The molecule has 0 saturated carbocycles. The molecular weight excluding hydrogens is 860 g/mol. The first-order valence-electron chi connectivity index (χ1n) is 19.3. The van der Waals surface area contributed by atoms with Crippen LogP contribution >= 0.6 is 11.8 Å². The van der Waals surface area contributed by atoms with Crippen LogP contribution in [-0.4, -0.2) is 108 Å². The van der Waals surface area contributed by atoms with Gasteiger partial charge in [0.2, 0.25) is 12.2 Å². The molecule has 1 unspecified atom stereocenters. The number of esters is 1. The zero-order valence-corrected chi connectivity index (χ0v) is 36.3. The summed E-state index contributed by atoms with van der Waals surface area (Å²) in [7, 11) is -2.49. The highest BCUT2D eigenvalue weighted by Crippen LogP contribution is 2.42. The van der Waals surface area contributed by atoms with Crippen molar-refractivity contribution in [2.45, 2.75) is 75.8 Å². The van der Waals surface area contributed by atoms with Crippen LogP contribution in [0.2, 0.25) is 0 Å². The standard InChI is InChI=1S/C41H48F3N5O11S2/c1-27(2)21-57-62(53,54)17-16-48(5)37(50)14-15-38(51)58-29(4)59-40(52)60-41(24-49-26-46-25-47-49,34-13-12-32(42)19-36(34)44)28(3)61-33-22-55-39(56-23-33)9-7-6-8-31-11-10-30(20-45)18-35(31)43/h6-13,18-19,25-29,33,39H,14-17,21-24H2,1-5H3/b8-6+,9-7+/t28-,29?,33?,39?,41-/m1/s1. The zero-order chi connectivity index (χ0) is 45.5. The van der Waals surface area contributed by atoms with Crippen LogP contribution in [0.15, 0.2) is 67.3 Å². The number of ether oxygens (including phenoxy) is 5. The minimum Gasteiger partial charge on any atom is -0.425 e. The van der Waals surface area contributed by atoms with E-state index in [1.54, 1.807) is 39.0 Å². The molecule has 62 heavy (non-hydrogen) atoms. The van der Waals surface area contributed by atoms with Crippen molar-refractivity contribution in [2.24, 2.45) is 5.92 Å². The number of carbonyl (C=O) groups is 3. The van der Waals surface area contributed by atoms with Crippen molar-refractivity contribution in [1.82, 2.24) is 19.7 Å². The van der Waals surface area contributed by atoms with Gasteiger partial charge in [-0.05, 0) is 43.2 Å². The number of hydrogen-bond acceptors (Lipinski definition) is 15. The predicted molar refractivity (Wildman–Crippen MR) is 218 cm³/mol. The highest BCUT2D eigenvalue weighted by molar-refractivity contribution is 8.00. The number of allylic oxidation sites excluding steroid dienone is 2. The van der Waals surface area contributed by atoms with Gasteiger partial charge in [-0.25, -0.2) is 27.6 Å². The van der Waals surface area contributed by atoms with Crippen LogP contribution in [0.25, 0.3) is 6.08 Å². The maximum atomic E-state index is 15.8. The van der Waals surface area contributed by atoms with Gasteiger partial charge in [0.1, 0.15) is 30.1 Å². The van der Waals surface area contributed by atoms with Gasteiger partial charge < -0.3 is 28.6 Å². The molecule has 0 bridgehead atoms. The largest absolute Gasteiger partial charge is 0.512 e. The molecule has 0 spiro atoms. The average Bonchev–Trinajstić information content (AvgIpc) is 3.73. The van der Waals surface area contributed by atoms with Crippen LogP contribution in [0.1, 0.15) is 57.2 Å². The summed E-state index contributed by atoms with van der Waals surface area (Å²) >= 11 is 1.21. The minimum absolute atomic E-state index is 0.00407. The highest BCUT2D eigenvalue weighted by atomic mass is 32.2. The molecular formula is C41H48F3N5O11S2. The first-order valence-corrected chi connectivity index (χ1v) is 21.8. The molecule has 2 aromatic carbocycles. The second-order valence-electron chi connectivity index (χ2n) is 14.4. The van der Waals surface area contributed by atoms with Gasteiger partial charge in [0.25, 0.3) is 10.1 Å². The first-order chi connectivity index (χ1) is 29.4. The SMILES string of the molecule is CC(C)COS(=O)(=O)CCN(C)C(=O)CCC(=O)OC(C)OC(=O)O[C@@](Cn1cncn1)(c1ccc(F)cc1F)[C@@H](C)SC1COC(/C=C/C=C/c2ccc(C#N)cc2F)OC1. The van der Waals surface area contributed by atoms with Gasteiger partial charge in [-0.3, -0.25) is 13.8 Å². The van der Waals surface area contributed by atoms with E-state index in [1.807, 2.05) is 6.07 Å². The van der Waals surface area contributed by atoms with Gasteiger partial charge in [-0.2, -0.15) is 18.8 Å². The Morgan fingerprint density at radius 1 is 1.05 bits per heavy atom. The molecule has 3 atom stereocenters. The summed E-state index contributed by atoms with van der Waals surface area (Å²) < 4.78 is 103. The normalized spacial score (nSPS) is 17.6. The Labute approximate surface area is 362 Å². The van der Waals surface area contributed by atoms with E-state index in [9.17, 15) is 31.6 Å². The summed E-state index contributed by atoms with van der Waals surface area (Å²) in [5.41, 5.74) is -1.72. The molecule has 1 aliphatic heterocycles. The van der Waals surface area contributed by atoms with E-state index in [4.69, 9.17) is 33.1 Å². The van der Waals surface area contributed by atoms with Crippen molar-refractivity contribution < 1.29 is 63.8 Å². The van der Waals surface area contributed by atoms with Crippen molar-refractivity contribution in [1.29, 1.82) is 5.26 Å². The fourth-order valence-corrected chi connectivity index (χ4v) is 8.23. The Bertz CT molecular complexity index is 2200. The molecule has 0 radical (unpaired) electrons. The van der Waals surface area contributed by atoms with Crippen LogP contribution in [0.4, 0.5) is 18.0 Å². The number of halogens is 3. The molecule has 336 valence electrons. The maximum Gasteiger partial charge on any atom is 0.512 e. The molecule has 4 rings (SSSR count). The molecule has 1 aliphatic rings. The van der Waals surface area contributed by atoms with Crippen molar-refractivity contribution >= 4 is 46.0 Å². The Balaban J connectivity index is 1.40. The molecule has 16 nitrogen and oxygen atoms in total. The van der Waals surface area contributed by atoms with Gasteiger partial charge in [0, 0.05) is 49.4 Å². The highest BCUT2D eigenvalue weighted by Gasteiger charge is 2.47. The number of aromatic nitrogens is 3. The van der Waals surface area contributed by atoms with Crippen LogP contribution < -0.4 is 0 Å². The Morgan fingerprint density at radius 2 is 1.79 bits per heavy atom. The fraction of sp³-hybridized carbons (Fsp3) is 0.463. The maximum absolute atomic E-state index is 15.8. The molecule has 1 saturated heterocycles. The third-order valence-electron chi connectivity index (χ3n) is 9.03. The van der Waals surface area contributed by atoms with E-state index in [0.717, 1.165) is 23.1 Å². The molecule has 2 heterocycles. The monoisotopic (exact) mass is 907 g/mol. The summed E-state index contributed by atoms with van der Waals surface area (Å²) in [6.45, 7) is 6.19. The quantitative estimate of drug-likeness (QED) is 0.0531. The van der Waals surface area contributed by atoms with Crippen LogP contribution in [0, 0.1) is 34.7 Å². The van der Waals surface area contributed by atoms with Gasteiger partial charge in [0.05, 0.1) is 55.4 Å². The summed E-state index contributed by atoms with van der Waals surface area (Å²) in [4.78, 5) is 43.8.